The van der Waals surface area contributed by atoms with Crippen molar-refractivity contribution in [2.24, 2.45) is 11.1 Å². The fourth-order valence-electron chi connectivity index (χ4n) is 3.00. The Kier molecular flexibility index (Phi) is 4.64. The molecule has 3 N–H and O–H groups in total. The number of rotatable bonds is 6. The Bertz CT molecular complexity index is 428. The maximum Gasteiger partial charge on any atom is 0.00200 e. The fraction of sp³-hybridized carbons (Fsp3) is 0.647. The summed E-state index contributed by atoms with van der Waals surface area (Å²) in [7, 11) is 0. The molecule has 2 rings (SSSR count). The highest BCUT2D eigenvalue weighted by Gasteiger charge is 2.34. The van der Waals surface area contributed by atoms with Crippen molar-refractivity contribution < 1.29 is 0 Å². The molecule has 2 heteroatoms. The van der Waals surface area contributed by atoms with E-state index in [-0.39, 0.29) is 0 Å². The van der Waals surface area contributed by atoms with Crippen LogP contribution in [0.15, 0.2) is 12.1 Å². The molecule has 0 spiro atoms. The van der Waals surface area contributed by atoms with Crippen LogP contribution in [0.4, 0.5) is 0 Å². The molecule has 2 nitrogen and oxygen atoms in total. The molecule has 0 radical (unpaired) electrons. The van der Waals surface area contributed by atoms with Crippen LogP contribution in [0.3, 0.4) is 0 Å². The van der Waals surface area contributed by atoms with Crippen LogP contribution in [0.2, 0.25) is 0 Å². The maximum absolute atomic E-state index is 5.88. The van der Waals surface area contributed by atoms with E-state index in [2.05, 4.69) is 38.2 Å². The second kappa shape index (κ2) is 6.06. The third kappa shape index (κ3) is 3.37. The highest BCUT2D eigenvalue weighted by molar-refractivity contribution is 5.36. The van der Waals surface area contributed by atoms with Gasteiger partial charge in [-0.25, -0.2) is 0 Å². The molecule has 1 aromatic rings. The summed E-state index contributed by atoms with van der Waals surface area (Å²) in [5, 5.41) is 3.61. The first-order valence-electron chi connectivity index (χ1n) is 7.54. The van der Waals surface area contributed by atoms with Crippen LogP contribution < -0.4 is 11.1 Å². The number of nitrogens with one attached hydrogen (secondary N) is 1. The van der Waals surface area contributed by atoms with Gasteiger partial charge in [0.05, 0.1) is 0 Å². The van der Waals surface area contributed by atoms with E-state index in [0.29, 0.717) is 5.41 Å². The predicted octanol–water partition coefficient (Wildman–Crippen LogP) is 2.87. The zero-order chi connectivity index (χ0) is 13.9. The summed E-state index contributed by atoms with van der Waals surface area (Å²) in [6.45, 7) is 9.59. The summed E-state index contributed by atoms with van der Waals surface area (Å²) in [6, 6.07) is 4.65. The molecule has 0 aliphatic heterocycles. The van der Waals surface area contributed by atoms with E-state index >= 15 is 0 Å². The topological polar surface area (TPSA) is 38.0 Å². The van der Waals surface area contributed by atoms with Gasteiger partial charge in [-0.2, -0.15) is 0 Å². The quantitative estimate of drug-likeness (QED) is 0.772. The van der Waals surface area contributed by atoms with Crippen molar-refractivity contribution in [3.05, 3.63) is 34.4 Å². The largest absolute Gasteiger partial charge is 0.330 e. The Morgan fingerprint density at radius 2 is 1.79 bits per heavy atom. The lowest BCUT2D eigenvalue weighted by molar-refractivity contribution is 0.141. The lowest BCUT2D eigenvalue weighted by Crippen LogP contribution is -2.45. The molecule has 0 bridgehead atoms. The van der Waals surface area contributed by atoms with Gasteiger partial charge in [-0.05, 0) is 80.8 Å². The first-order valence-corrected chi connectivity index (χ1v) is 7.54. The van der Waals surface area contributed by atoms with Gasteiger partial charge in [-0.3, -0.25) is 0 Å². The van der Waals surface area contributed by atoms with E-state index < -0.39 is 0 Å². The molecule has 0 heterocycles. The molecule has 1 aliphatic rings. The standard InChI is InChI=1S/C17H28N2/c1-13-9-15(3)16(10-14(13)2)5-8-19-12-17(11-18)6-4-7-17/h9-10,19H,4-8,11-12,18H2,1-3H3. The SMILES string of the molecule is Cc1cc(C)c(CCNCC2(CN)CCC2)cc1C. The Balaban J connectivity index is 1.81. The zero-order valence-corrected chi connectivity index (χ0v) is 12.7. The monoisotopic (exact) mass is 260 g/mol. The van der Waals surface area contributed by atoms with Crippen molar-refractivity contribution in [3.63, 3.8) is 0 Å². The van der Waals surface area contributed by atoms with Gasteiger partial charge in [-0.15, -0.1) is 0 Å². The molecule has 0 amide bonds. The molecule has 1 saturated carbocycles. The number of hydrogen-bond donors (Lipinski definition) is 2. The average molecular weight is 260 g/mol. The lowest BCUT2D eigenvalue weighted by atomic mass is 9.69. The Labute approximate surface area is 117 Å². The molecule has 0 atom stereocenters. The second-order valence-corrected chi connectivity index (χ2v) is 6.35. The molecule has 19 heavy (non-hydrogen) atoms. The summed E-state index contributed by atoms with van der Waals surface area (Å²) in [5.74, 6) is 0. The van der Waals surface area contributed by atoms with Crippen LogP contribution in [0.1, 0.15) is 41.5 Å². The highest BCUT2D eigenvalue weighted by Crippen LogP contribution is 2.39. The minimum Gasteiger partial charge on any atom is -0.330 e. The van der Waals surface area contributed by atoms with Gasteiger partial charge < -0.3 is 11.1 Å². The fourth-order valence-corrected chi connectivity index (χ4v) is 3.00. The maximum atomic E-state index is 5.88. The third-order valence-corrected chi connectivity index (χ3v) is 4.87. The van der Waals surface area contributed by atoms with Crippen molar-refractivity contribution in [2.45, 2.75) is 46.5 Å². The van der Waals surface area contributed by atoms with Gasteiger partial charge in [0, 0.05) is 6.54 Å². The minimum atomic E-state index is 0.415. The third-order valence-electron chi connectivity index (χ3n) is 4.87. The molecule has 1 aromatic carbocycles. The molecular weight excluding hydrogens is 232 g/mol. The van der Waals surface area contributed by atoms with Crippen LogP contribution >= 0.6 is 0 Å². The molecule has 1 fully saturated rings. The summed E-state index contributed by atoms with van der Waals surface area (Å²) in [6.07, 6.45) is 5.08. The van der Waals surface area contributed by atoms with Crippen molar-refractivity contribution in [3.8, 4) is 0 Å². The van der Waals surface area contributed by atoms with Gasteiger partial charge in [0.15, 0.2) is 0 Å². The van der Waals surface area contributed by atoms with E-state index in [9.17, 15) is 0 Å². The van der Waals surface area contributed by atoms with Crippen LogP contribution in [0, 0.1) is 26.2 Å². The molecule has 1 aliphatic carbocycles. The summed E-state index contributed by atoms with van der Waals surface area (Å²) in [5.41, 5.74) is 12.0. The molecule has 106 valence electrons. The predicted molar refractivity (Wildman–Crippen MR) is 82.6 cm³/mol. The summed E-state index contributed by atoms with van der Waals surface area (Å²) < 4.78 is 0. The zero-order valence-electron chi connectivity index (χ0n) is 12.7. The van der Waals surface area contributed by atoms with E-state index in [4.69, 9.17) is 5.73 Å². The first-order chi connectivity index (χ1) is 9.06. The van der Waals surface area contributed by atoms with Crippen LogP contribution in [0.25, 0.3) is 0 Å². The number of aryl methyl sites for hydroxylation is 3. The first kappa shape index (κ1) is 14.5. The average Bonchev–Trinajstić information content (AvgIpc) is 2.33. The van der Waals surface area contributed by atoms with Crippen molar-refractivity contribution in [2.75, 3.05) is 19.6 Å². The Morgan fingerprint density at radius 1 is 1.11 bits per heavy atom. The number of benzene rings is 1. The summed E-state index contributed by atoms with van der Waals surface area (Å²) >= 11 is 0. The van der Waals surface area contributed by atoms with Gasteiger partial charge in [0.25, 0.3) is 0 Å². The second-order valence-electron chi connectivity index (χ2n) is 6.35. The Hall–Kier alpha value is -0.860. The molecule has 0 unspecified atom stereocenters. The van der Waals surface area contributed by atoms with Gasteiger partial charge in [0.1, 0.15) is 0 Å². The van der Waals surface area contributed by atoms with Gasteiger partial charge >= 0.3 is 0 Å². The molecule has 0 aromatic heterocycles. The normalized spacial score (nSPS) is 17.3. The van der Waals surface area contributed by atoms with E-state index in [0.717, 1.165) is 26.1 Å². The van der Waals surface area contributed by atoms with Crippen LogP contribution in [-0.2, 0) is 6.42 Å². The number of nitrogens with two attached hydrogens (primary N) is 1. The van der Waals surface area contributed by atoms with E-state index in [1.807, 2.05) is 0 Å². The van der Waals surface area contributed by atoms with Crippen molar-refractivity contribution in [1.29, 1.82) is 0 Å². The van der Waals surface area contributed by atoms with Crippen LogP contribution in [-0.4, -0.2) is 19.6 Å². The highest BCUT2D eigenvalue weighted by atomic mass is 14.9. The van der Waals surface area contributed by atoms with Crippen molar-refractivity contribution in [1.82, 2.24) is 5.32 Å². The number of hydrogen-bond acceptors (Lipinski definition) is 2. The Morgan fingerprint density at radius 3 is 2.37 bits per heavy atom. The van der Waals surface area contributed by atoms with Crippen LogP contribution in [0.5, 0.6) is 0 Å². The van der Waals surface area contributed by atoms with Crippen molar-refractivity contribution >= 4 is 0 Å². The van der Waals surface area contributed by atoms with Gasteiger partial charge in [-0.1, -0.05) is 18.6 Å². The van der Waals surface area contributed by atoms with E-state index in [1.54, 1.807) is 0 Å². The molecular formula is C17H28N2. The molecule has 0 saturated heterocycles. The van der Waals surface area contributed by atoms with E-state index in [1.165, 1.54) is 41.5 Å². The summed E-state index contributed by atoms with van der Waals surface area (Å²) in [4.78, 5) is 0. The lowest BCUT2D eigenvalue weighted by Gasteiger charge is -2.41. The smallest absolute Gasteiger partial charge is 0.00200 e. The van der Waals surface area contributed by atoms with Gasteiger partial charge in [0.2, 0.25) is 0 Å². The minimum absolute atomic E-state index is 0.415.